The van der Waals surface area contributed by atoms with Crippen LogP contribution in [0.5, 0.6) is 0 Å². The minimum Gasteiger partial charge on any atom is -0.480 e. The highest BCUT2D eigenvalue weighted by molar-refractivity contribution is 5.85. The van der Waals surface area contributed by atoms with Crippen LogP contribution in [0.3, 0.4) is 0 Å². The van der Waals surface area contributed by atoms with Crippen molar-refractivity contribution in [2.24, 2.45) is 0 Å². The molecular formula is C6H12ClNO2. The van der Waals surface area contributed by atoms with E-state index in [1.165, 1.54) is 0 Å². The Hall–Kier alpha value is -0.280. The first-order chi connectivity index (χ1) is 4.21. The molecule has 0 saturated heterocycles. The maximum atomic E-state index is 10.5. The van der Waals surface area contributed by atoms with Crippen molar-refractivity contribution in [3.05, 3.63) is 0 Å². The summed E-state index contributed by atoms with van der Waals surface area (Å²) in [4.78, 5) is 10.5. The van der Waals surface area contributed by atoms with E-state index in [0.29, 0.717) is 0 Å². The van der Waals surface area contributed by atoms with Crippen LogP contribution in [-0.2, 0) is 4.79 Å². The molecule has 0 aromatic carbocycles. The Bertz CT molecular complexity index is 128. The van der Waals surface area contributed by atoms with Crippen LogP contribution in [0.15, 0.2) is 0 Å². The molecule has 0 aliphatic heterocycles. The SMILES string of the molecule is CNC1(C(=O)O)CCC1.Cl. The summed E-state index contributed by atoms with van der Waals surface area (Å²) in [5, 5.41) is 11.4. The number of rotatable bonds is 2. The van der Waals surface area contributed by atoms with Gasteiger partial charge < -0.3 is 10.4 Å². The molecule has 3 nitrogen and oxygen atoms in total. The van der Waals surface area contributed by atoms with Crippen LogP contribution in [0.2, 0.25) is 0 Å². The van der Waals surface area contributed by atoms with E-state index in [4.69, 9.17) is 5.11 Å². The number of halogens is 1. The summed E-state index contributed by atoms with van der Waals surface area (Å²) in [5.41, 5.74) is -0.569. The van der Waals surface area contributed by atoms with E-state index in [1.807, 2.05) is 0 Å². The van der Waals surface area contributed by atoms with Gasteiger partial charge in [-0.15, -0.1) is 12.4 Å². The second-order valence-corrected chi connectivity index (χ2v) is 2.49. The van der Waals surface area contributed by atoms with Gasteiger partial charge in [0.2, 0.25) is 0 Å². The van der Waals surface area contributed by atoms with Gasteiger partial charge in [-0.2, -0.15) is 0 Å². The summed E-state index contributed by atoms with van der Waals surface area (Å²) >= 11 is 0. The van der Waals surface area contributed by atoms with Gasteiger partial charge in [-0.25, -0.2) is 0 Å². The molecule has 0 radical (unpaired) electrons. The lowest BCUT2D eigenvalue weighted by Gasteiger charge is -2.36. The molecule has 0 amide bonds. The van der Waals surface area contributed by atoms with Crippen molar-refractivity contribution in [2.45, 2.75) is 24.8 Å². The van der Waals surface area contributed by atoms with Gasteiger partial charge in [0.1, 0.15) is 5.54 Å². The van der Waals surface area contributed by atoms with Gasteiger partial charge in [0.15, 0.2) is 0 Å². The molecule has 1 aliphatic carbocycles. The van der Waals surface area contributed by atoms with E-state index in [9.17, 15) is 4.79 Å². The van der Waals surface area contributed by atoms with Crippen molar-refractivity contribution in [1.29, 1.82) is 0 Å². The van der Waals surface area contributed by atoms with Crippen LogP contribution in [0.4, 0.5) is 0 Å². The number of hydrogen-bond acceptors (Lipinski definition) is 2. The summed E-state index contributed by atoms with van der Waals surface area (Å²) in [5.74, 6) is -0.712. The van der Waals surface area contributed by atoms with Gasteiger partial charge in [0.25, 0.3) is 0 Å². The number of nitrogens with one attached hydrogen (secondary N) is 1. The van der Waals surface area contributed by atoms with Gasteiger partial charge in [0.05, 0.1) is 0 Å². The van der Waals surface area contributed by atoms with Crippen LogP contribution in [-0.4, -0.2) is 23.7 Å². The van der Waals surface area contributed by atoms with Gasteiger partial charge in [0, 0.05) is 0 Å². The van der Waals surface area contributed by atoms with E-state index in [2.05, 4.69) is 5.32 Å². The van der Waals surface area contributed by atoms with E-state index >= 15 is 0 Å². The van der Waals surface area contributed by atoms with Crippen molar-refractivity contribution in [2.75, 3.05) is 7.05 Å². The zero-order chi connectivity index (χ0) is 6.91. The molecule has 0 unspecified atom stereocenters. The number of likely N-dealkylation sites (N-methyl/N-ethyl adjacent to an activating group) is 1. The van der Waals surface area contributed by atoms with Crippen LogP contribution in [0, 0.1) is 0 Å². The molecule has 0 aromatic rings. The largest absolute Gasteiger partial charge is 0.480 e. The lowest BCUT2D eigenvalue weighted by atomic mass is 9.77. The number of carbonyl (C=O) groups is 1. The Morgan fingerprint density at radius 1 is 1.60 bits per heavy atom. The van der Waals surface area contributed by atoms with Gasteiger partial charge >= 0.3 is 5.97 Å². The number of hydrogen-bond donors (Lipinski definition) is 2. The Labute approximate surface area is 66.2 Å². The molecule has 0 aromatic heterocycles. The zero-order valence-corrected chi connectivity index (χ0v) is 6.70. The van der Waals surface area contributed by atoms with E-state index in [-0.39, 0.29) is 12.4 Å². The predicted octanol–water partition coefficient (Wildman–Crippen LogP) is 0.635. The molecule has 1 rings (SSSR count). The fraction of sp³-hybridized carbons (Fsp3) is 0.833. The normalized spacial score (nSPS) is 20.5. The van der Waals surface area contributed by atoms with Gasteiger partial charge in [-0.05, 0) is 26.3 Å². The van der Waals surface area contributed by atoms with Crippen molar-refractivity contribution in [3.63, 3.8) is 0 Å². The molecule has 60 valence electrons. The first-order valence-electron chi connectivity index (χ1n) is 3.13. The molecular weight excluding hydrogens is 154 g/mol. The molecule has 1 saturated carbocycles. The summed E-state index contributed by atoms with van der Waals surface area (Å²) in [6.45, 7) is 0. The second-order valence-electron chi connectivity index (χ2n) is 2.49. The predicted molar refractivity (Wildman–Crippen MR) is 40.5 cm³/mol. The molecule has 0 spiro atoms. The Morgan fingerprint density at radius 3 is 2.10 bits per heavy atom. The third kappa shape index (κ3) is 1.25. The molecule has 4 heteroatoms. The summed E-state index contributed by atoms with van der Waals surface area (Å²) in [6.07, 6.45) is 2.59. The number of carboxylic acids is 1. The Morgan fingerprint density at radius 2 is 2.10 bits per heavy atom. The molecule has 10 heavy (non-hydrogen) atoms. The zero-order valence-electron chi connectivity index (χ0n) is 5.89. The van der Waals surface area contributed by atoms with Crippen molar-refractivity contribution in [3.8, 4) is 0 Å². The van der Waals surface area contributed by atoms with Crippen LogP contribution in [0.25, 0.3) is 0 Å². The first-order valence-corrected chi connectivity index (χ1v) is 3.13. The third-order valence-corrected chi connectivity index (χ3v) is 2.10. The number of carboxylic acid groups (broad SMARTS) is 1. The second kappa shape index (κ2) is 3.21. The smallest absolute Gasteiger partial charge is 0.323 e. The maximum absolute atomic E-state index is 10.5. The minimum atomic E-state index is -0.712. The topological polar surface area (TPSA) is 49.3 Å². The van der Waals surface area contributed by atoms with Crippen LogP contribution in [0.1, 0.15) is 19.3 Å². The fourth-order valence-corrected chi connectivity index (χ4v) is 1.10. The lowest BCUT2D eigenvalue weighted by molar-refractivity contribution is -0.148. The van der Waals surface area contributed by atoms with Crippen molar-refractivity contribution >= 4 is 18.4 Å². The minimum absolute atomic E-state index is 0. The number of aliphatic carboxylic acids is 1. The highest BCUT2D eigenvalue weighted by Crippen LogP contribution is 2.31. The van der Waals surface area contributed by atoms with Crippen LogP contribution >= 0.6 is 12.4 Å². The summed E-state index contributed by atoms with van der Waals surface area (Å²) < 4.78 is 0. The molecule has 0 bridgehead atoms. The highest BCUT2D eigenvalue weighted by atomic mass is 35.5. The average molecular weight is 166 g/mol. The van der Waals surface area contributed by atoms with Crippen molar-refractivity contribution < 1.29 is 9.90 Å². The Balaban J connectivity index is 0.000000810. The van der Waals surface area contributed by atoms with E-state index in [1.54, 1.807) is 7.05 Å². The third-order valence-electron chi connectivity index (χ3n) is 2.10. The van der Waals surface area contributed by atoms with Gasteiger partial charge in [-0.3, -0.25) is 4.79 Å². The quantitative estimate of drug-likeness (QED) is 0.631. The first kappa shape index (κ1) is 9.72. The van der Waals surface area contributed by atoms with Crippen LogP contribution < -0.4 is 5.32 Å². The Kier molecular flexibility index (Phi) is 3.12. The maximum Gasteiger partial charge on any atom is 0.323 e. The standard InChI is InChI=1S/C6H11NO2.ClH/c1-7-6(5(8)9)3-2-4-6;/h7H,2-4H2,1H3,(H,8,9);1H. The molecule has 1 aliphatic rings. The van der Waals surface area contributed by atoms with Crippen molar-refractivity contribution in [1.82, 2.24) is 5.32 Å². The molecule has 1 fully saturated rings. The van der Waals surface area contributed by atoms with E-state index < -0.39 is 11.5 Å². The molecule has 0 atom stereocenters. The van der Waals surface area contributed by atoms with E-state index in [0.717, 1.165) is 19.3 Å². The lowest BCUT2D eigenvalue weighted by Crippen LogP contribution is -2.55. The average Bonchev–Trinajstić information content (AvgIpc) is 1.62. The molecule has 0 heterocycles. The summed E-state index contributed by atoms with van der Waals surface area (Å²) in [6, 6.07) is 0. The summed E-state index contributed by atoms with van der Waals surface area (Å²) in [7, 11) is 1.70. The fourth-order valence-electron chi connectivity index (χ4n) is 1.10. The van der Waals surface area contributed by atoms with Gasteiger partial charge in [-0.1, -0.05) is 0 Å². The molecule has 2 N–H and O–H groups in total. The highest BCUT2D eigenvalue weighted by Gasteiger charge is 2.42. The monoisotopic (exact) mass is 165 g/mol.